The number of hydrogen-bond acceptors (Lipinski definition) is 7. The number of nitrogens with one attached hydrogen (secondary N) is 2. The summed E-state index contributed by atoms with van der Waals surface area (Å²) in [5, 5.41) is 23.7. The molecule has 34 heavy (non-hydrogen) atoms. The molecule has 0 aliphatic heterocycles. The van der Waals surface area contributed by atoms with E-state index in [4.69, 9.17) is 14.9 Å². The van der Waals surface area contributed by atoms with Crippen LogP contribution in [0.4, 0.5) is 24.5 Å². The van der Waals surface area contributed by atoms with Crippen LogP contribution in [0.2, 0.25) is 0 Å². The average molecular weight is 476 g/mol. The number of alkyl halides is 3. The van der Waals surface area contributed by atoms with E-state index in [1.807, 2.05) is 6.92 Å². The smallest absolute Gasteiger partial charge is 0.416 e. The highest BCUT2D eigenvalue weighted by Crippen LogP contribution is 2.32. The van der Waals surface area contributed by atoms with E-state index in [0.29, 0.717) is 28.6 Å². The Labute approximate surface area is 193 Å². The van der Waals surface area contributed by atoms with Gasteiger partial charge in [-0.15, -0.1) is 0 Å². The third kappa shape index (κ3) is 6.21. The van der Waals surface area contributed by atoms with Gasteiger partial charge in [-0.25, -0.2) is 4.98 Å². The fourth-order valence-electron chi connectivity index (χ4n) is 3.11. The van der Waals surface area contributed by atoms with Crippen molar-refractivity contribution < 1.29 is 32.9 Å². The molecule has 4 N–H and O–H groups in total. The van der Waals surface area contributed by atoms with Gasteiger partial charge in [-0.2, -0.15) is 13.2 Å². The second-order valence-corrected chi connectivity index (χ2v) is 7.21. The lowest BCUT2D eigenvalue weighted by atomic mass is 10.0. The van der Waals surface area contributed by atoms with Crippen molar-refractivity contribution in [3.8, 4) is 17.0 Å². The van der Waals surface area contributed by atoms with Crippen molar-refractivity contribution >= 4 is 17.3 Å². The number of hydrogen-bond donors (Lipinski definition) is 4. The van der Waals surface area contributed by atoms with Crippen LogP contribution in [-0.4, -0.2) is 52.5 Å². The van der Waals surface area contributed by atoms with E-state index in [1.165, 1.54) is 0 Å². The number of halogens is 3. The molecule has 1 amide bonds. The third-order valence-electron chi connectivity index (χ3n) is 4.73. The van der Waals surface area contributed by atoms with E-state index in [-0.39, 0.29) is 37.9 Å². The summed E-state index contributed by atoms with van der Waals surface area (Å²) in [7, 11) is 0. The zero-order chi connectivity index (χ0) is 24.7. The lowest BCUT2D eigenvalue weighted by molar-refractivity contribution is -0.137. The second kappa shape index (κ2) is 10.9. The van der Waals surface area contributed by atoms with Crippen molar-refractivity contribution in [1.29, 1.82) is 0 Å². The van der Waals surface area contributed by atoms with Gasteiger partial charge >= 0.3 is 6.18 Å². The molecular formula is C23H23F3N4O4. The number of nitrogens with zero attached hydrogens (tertiary/aromatic N) is 2. The molecule has 2 heterocycles. The molecule has 0 fully saturated rings. The molecule has 0 atom stereocenters. The SMILES string of the molecule is Cc1ccc(NC(=O)c2cc(C(F)(F)F)ccn2)cc1-c1cnc(OCCO)c(NCCO)c1. The molecule has 0 aliphatic carbocycles. The lowest BCUT2D eigenvalue weighted by Gasteiger charge is -2.15. The van der Waals surface area contributed by atoms with Gasteiger partial charge in [0.05, 0.1) is 24.5 Å². The lowest BCUT2D eigenvalue weighted by Crippen LogP contribution is -2.15. The molecule has 0 aliphatic rings. The van der Waals surface area contributed by atoms with Gasteiger partial charge < -0.3 is 25.6 Å². The first kappa shape index (κ1) is 24.9. The van der Waals surface area contributed by atoms with Gasteiger partial charge in [0.1, 0.15) is 12.3 Å². The Morgan fingerprint density at radius 3 is 2.59 bits per heavy atom. The van der Waals surface area contributed by atoms with Crippen LogP contribution in [-0.2, 0) is 6.18 Å². The van der Waals surface area contributed by atoms with E-state index in [2.05, 4.69) is 20.6 Å². The normalized spacial score (nSPS) is 11.2. The summed E-state index contributed by atoms with van der Waals surface area (Å²) in [5.41, 5.74) is 1.77. The van der Waals surface area contributed by atoms with E-state index in [9.17, 15) is 18.0 Å². The maximum Gasteiger partial charge on any atom is 0.416 e. The Bertz CT molecular complexity index is 1160. The van der Waals surface area contributed by atoms with Gasteiger partial charge in [-0.3, -0.25) is 9.78 Å². The van der Waals surface area contributed by atoms with Gasteiger partial charge in [-0.1, -0.05) is 6.07 Å². The van der Waals surface area contributed by atoms with E-state index >= 15 is 0 Å². The van der Waals surface area contributed by atoms with Crippen molar-refractivity contribution in [3.63, 3.8) is 0 Å². The number of ether oxygens (including phenoxy) is 1. The summed E-state index contributed by atoms with van der Waals surface area (Å²) in [5.74, 6) is -0.527. The maximum atomic E-state index is 12.9. The van der Waals surface area contributed by atoms with Gasteiger partial charge in [0, 0.05) is 30.2 Å². The molecule has 0 radical (unpaired) electrons. The zero-order valence-electron chi connectivity index (χ0n) is 18.2. The van der Waals surface area contributed by atoms with Crippen molar-refractivity contribution in [2.75, 3.05) is 37.0 Å². The standard InChI is InChI=1S/C23H23F3N4O4/c1-14-2-3-17(30-21(33)19-11-16(4-5-27-19)23(24,25)26)12-18(14)15-10-20(28-6-7-31)22(29-13-15)34-9-8-32/h2-5,10-13,28,31-32H,6-9H2,1H3,(H,30,33). The molecule has 180 valence electrons. The first-order valence-electron chi connectivity index (χ1n) is 10.3. The number of aliphatic hydroxyl groups excluding tert-OH is 2. The number of rotatable bonds is 9. The molecule has 3 aromatic rings. The van der Waals surface area contributed by atoms with Crippen LogP contribution in [0.1, 0.15) is 21.6 Å². The largest absolute Gasteiger partial charge is 0.474 e. The summed E-state index contributed by atoms with van der Waals surface area (Å²) >= 11 is 0. The first-order valence-corrected chi connectivity index (χ1v) is 10.3. The summed E-state index contributed by atoms with van der Waals surface area (Å²) in [4.78, 5) is 20.5. The van der Waals surface area contributed by atoms with Crippen molar-refractivity contribution in [1.82, 2.24) is 9.97 Å². The van der Waals surface area contributed by atoms with Crippen LogP contribution in [0.25, 0.3) is 11.1 Å². The quantitative estimate of drug-likeness (QED) is 0.374. The Kier molecular flexibility index (Phi) is 8.03. The van der Waals surface area contributed by atoms with Crippen LogP contribution < -0.4 is 15.4 Å². The molecule has 8 nitrogen and oxygen atoms in total. The zero-order valence-corrected chi connectivity index (χ0v) is 18.2. The minimum absolute atomic E-state index is 0.0459. The fraction of sp³-hybridized carbons (Fsp3) is 0.261. The number of aliphatic hydroxyl groups is 2. The van der Waals surface area contributed by atoms with E-state index < -0.39 is 17.6 Å². The Hall–Kier alpha value is -3.70. The van der Waals surface area contributed by atoms with E-state index in [0.717, 1.165) is 17.8 Å². The third-order valence-corrected chi connectivity index (χ3v) is 4.73. The number of carbonyl (C=O) groups is 1. The molecule has 11 heteroatoms. The molecule has 0 saturated carbocycles. The molecule has 0 spiro atoms. The van der Waals surface area contributed by atoms with Gasteiger partial charge in [-0.05, 0) is 48.4 Å². The number of benzene rings is 1. The highest BCUT2D eigenvalue weighted by Gasteiger charge is 2.31. The fourth-order valence-corrected chi connectivity index (χ4v) is 3.11. The van der Waals surface area contributed by atoms with Crippen LogP contribution in [0.3, 0.4) is 0 Å². The summed E-state index contributed by atoms with van der Waals surface area (Å²) in [6.07, 6.45) is -2.10. The number of anilines is 2. The summed E-state index contributed by atoms with van der Waals surface area (Å²) in [6.45, 7) is 1.84. The van der Waals surface area contributed by atoms with Crippen LogP contribution >= 0.6 is 0 Å². The van der Waals surface area contributed by atoms with Gasteiger partial charge in [0.2, 0.25) is 5.88 Å². The second-order valence-electron chi connectivity index (χ2n) is 7.21. The number of pyridine rings is 2. The molecule has 0 unspecified atom stereocenters. The van der Waals surface area contributed by atoms with Crippen LogP contribution in [0.15, 0.2) is 48.8 Å². The van der Waals surface area contributed by atoms with Gasteiger partial charge in [0.15, 0.2) is 0 Å². The van der Waals surface area contributed by atoms with E-state index in [1.54, 1.807) is 30.5 Å². The minimum atomic E-state index is -4.59. The molecule has 3 rings (SSSR count). The topological polar surface area (TPSA) is 117 Å². The first-order chi connectivity index (χ1) is 16.2. The number of amides is 1. The summed E-state index contributed by atoms with van der Waals surface area (Å²) < 4.78 is 44.2. The van der Waals surface area contributed by atoms with Crippen LogP contribution in [0.5, 0.6) is 5.88 Å². The number of aromatic nitrogens is 2. The Balaban J connectivity index is 1.88. The number of aryl methyl sites for hydroxylation is 1. The van der Waals surface area contributed by atoms with Crippen molar-refractivity contribution in [2.45, 2.75) is 13.1 Å². The molecule has 1 aromatic carbocycles. The Morgan fingerprint density at radius 2 is 1.88 bits per heavy atom. The monoisotopic (exact) mass is 476 g/mol. The van der Waals surface area contributed by atoms with Crippen molar-refractivity contribution in [2.24, 2.45) is 0 Å². The minimum Gasteiger partial charge on any atom is -0.474 e. The average Bonchev–Trinajstić information content (AvgIpc) is 2.82. The Morgan fingerprint density at radius 1 is 1.09 bits per heavy atom. The highest BCUT2D eigenvalue weighted by atomic mass is 19.4. The predicted molar refractivity (Wildman–Crippen MR) is 120 cm³/mol. The molecule has 0 saturated heterocycles. The molecular weight excluding hydrogens is 453 g/mol. The predicted octanol–water partition coefficient (Wildman–Crippen LogP) is 3.50. The maximum absolute atomic E-state index is 12.9. The molecule has 0 bridgehead atoms. The van der Waals surface area contributed by atoms with Crippen LogP contribution in [0, 0.1) is 6.92 Å². The van der Waals surface area contributed by atoms with Crippen molar-refractivity contribution in [3.05, 3.63) is 65.6 Å². The number of carbonyl (C=O) groups excluding carboxylic acids is 1. The molecule has 2 aromatic heterocycles. The summed E-state index contributed by atoms with van der Waals surface area (Å²) in [6, 6.07) is 8.28. The highest BCUT2D eigenvalue weighted by molar-refractivity contribution is 6.03. The van der Waals surface area contributed by atoms with Gasteiger partial charge in [0.25, 0.3) is 5.91 Å².